The Balaban J connectivity index is 1.41. The fourth-order valence-electron chi connectivity index (χ4n) is 4.62. The van der Waals surface area contributed by atoms with Gasteiger partial charge in [-0.2, -0.15) is 0 Å². The van der Waals surface area contributed by atoms with Crippen molar-refractivity contribution >= 4 is 17.6 Å². The predicted molar refractivity (Wildman–Crippen MR) is 116 cm³/mol. The highest BCUT2D eigenvalue weighted by molar-refractivity contribution is 6.41. The van der Waals surface area contributed by atoms with E-state index in [1.807, 2.05) is 42.5 Å². The van der Waals surface area contributed by atoms with Crippen molar-refractivity contribution in [2.45, 2.75) is 57.2 Å². The fourth-order valence-corrected chi connectivity index (χ4v) is 4.72. The first-order chi connectivity index (χ1) is 14.6. The summed E-state index contributed by atoms with van der Waals surface area (Å²) in [5.41, 5.74) is 1.61. The van der Waals surface area contributed by atoms with Gasteiger partial charge in [0.2, 0.25) is 0 Å². The van der Waals surface area contributed by atoms with E-state index in [4.69, 9.17) is 21.1 Å². The van der Waals surface area contributed by atoms with Crippen LogP contribution in [0.4, 0.5) is 0 Å². The summed E-state index contributed by atoms with van der Waals surface area (Å²) < 4.78 is 11.7. The number of hydrogen-bond acceptors (Lipinski definition) is 4. The van der Waals surface area contributed by atoms with Crippen LogP contribution in [-0.4, -0.2) is 16.7 Å². The van der Waals surface area contributed by atoms with Crippen LogP contribution in [0.15, 0.2) is 65.4 Å². The fraction of sp³-hybridized carbons (Fsp3) is 0.400. The quantitative estimate of drug-likeness (QED) is 0.545. The predicted octanol–water partition coefficient (Wildman–Crippen LogP) is 6.08. The average molecular weight is 427 g/mol. The molecule has 0 amide bonds. The van der Waals surface area contributed by atoms with E-state index in [1.54, 1.807) is 0 Å². The molecule has 0 saturated heterocycles. The monoisotopic (exact) mass is 426 g/mol. The molecule has 30 heavy (non-hydrogen) atoms. The Morgan fingerprint density at radius 3 is 2.40 bits per heavy atom. The maximum Gasteiger partial charge on any atom is 0.353 e. The van der Waals surface area contributed by atoms with Gasteiger partial charge in [0.25, 0.3) is 0 Å². The Morgan fingerprint density at radius 2 is 1.73 bits per heavy atom. The van der Waals surface area contributed by atoms with Gasteiger partial charge in [0.1, 0.15) is 23.7 Å². The number of aliphatic hydroxyl groups is 1. The molecule has 0 spiro atoms. The van der Waals surface area contributed by atoms with E-state index in [0.717, 1.165) is 49.0 Å². The van der Waals surface area contributed by atoms with Gasteiger partial charge in [-0.3, -0.25) is 0 Å². The normalized spacial score (nSPS) is 22.2. The van der Waals surface area contributed by atoms with Crippen molar-refractivity contribution in [2.24, 2.45) is 5.92 Å². The lowest BCUT2D eigenvalue weighted by Crippen LogP contribution is -2.45. The van der Waals surface area contributed by atoms with Gasteiger partial charge >= 0.3 is 5.97 Å². The third-order valence-corrected chi connectivity index (χ3v) is 6.68. The van der Waals surface area contributed by atoms with Crippen LogP contribution in [0.1, 0.15) is 49.7 Å². The summed E-state index contributed by atoms with van der Waals surface area (Å²) in [5.74, 6) is 0.452. The van der Waals surface area contributed by atoms with E-state index >= 15 is 0 Å². The summed E-state index contributed by atoms with van der Waals surface area (Å²) in [4.78, 5) is 12.2. The van der Waals surface area contributed by atoms with Crippen LogP contribution >= 0.6 is 11.6 Å². The number of carbonyl (C=O) groups is 1. The van der Waals surface area contributed by atoms with Crippen molar-refractivity contribution < 1.29 is 19.4 Å². The number of carbonyl (C=O) groups excluding carboxylic acids is 1. The van der Waals surface area contributed by atoms with Gasteiger partial charge in [0.15, 0.2) is 5.03 Å². The molecule has 2 aromatic rings. The third kappa shape index (κ3) is 4.65. The largest absolute Gasteiger partial charge is 0.510 e. The molecule has 0 aromatic heterocycles. The van der Waals surface area contributed by atoms with Crippen LogP contribution in [-0.2, 0) is 22.6 Å². The molecule has 1 heterocycles. The third-order valence-electron chi connectivity index (χ3n) is 6.30. The number of halogens is 1. The van der Waals surface area contributed by atoms with Crippen molar-refractivity contribution in [3.63, 3.8) is 0 Å². The highest BCUT2D eigenvalue weighted by Crippen LogP contribution is 2.46. The van der Waals surface area contributed by atoms with Gasteiger partial charge in [0.05, 0.1) is 0 Å². The van der Waals surface area contributed by atoms with Gasteiger partial charge in [-0.05, 0) is 54.9 Å². The van der Waals surface area contributed by atoms with Crippen LogP contribution in [0.5, 0.6) is 5.75 Å². The topological polar surface area (TPSA) is 55.8 Å². The first-order valence-electron chi connectivity index (χ1n) is 10.6. The van der Waals surface area contributed by atoms with Crippen LogP contribution in [0, 0.1) is 5.92 Å². The lowest BCUT2D eigenvalue weighted by Gasteiger charge is -2.41. The molecule has 0 radical (unpaired) electrons. The summed E-state index contributed by atoms with van der Waals surface area (Å²) in [6, 6.07) is 18.1. The maximum atomic E-state index is 12.2. The molecule has 1 aliphatic heterocycles. The molecule has 2 aromatic carbocycles. The molecular formula is C25H27ClO4. The van der Waals surface area contributed by atoms with E-state index < -0.39 is 11.6 Å². The molecule has 1 N–H and O–H groups in total. The van der Waals surface area contributed by atoms with Crippen LogP contribution < -0.4 is 4.74 Å². The van der Waals surface area contributed by atoms with Crippen LogP contribution in [0.2, 0.25) is 0 Å². The van der Waals surface area contributed by atoms with Crippen molar-refractivity contribution in [3.05, 3.63) is 76.5 Å². The molecule has 158 valence electrons. The first-order valence-corrected chi connectivity index (χ1v) is 11.0. The number of esters is 1. The number of aryl methyl sites for hydroxylation is 1. The van der Waals surface area contributed by atoms with Gasteiger partial charge < -0.3 is 14.6 Å². The van der Waals surface area contributed by atoms with Crippen LogP contribution in [0.25, 0.3) is 0 Å². The molecule has 1 unspecified atom stereocenters. The Kier molecular flexibility index (Phi) is 6.33. The van der Waals surface area contributed by atoms with E-state index in [0.29, 0.717) is 19.4 Å². The molecule has 2 aliphatic rings. The van der Waals surface area contributed by atoms with E-state index in [9.17, 15) is 9.90 Å². The highest BCUT2D eigenvalue weighted by atomic mass is 35.5. The Labute approximate surface area is 182 Å². The maximum absolute atomic E-state index is 12.2. The molecule has 0 bridgehead atoms. The number of ether oxygens (including phenoxy) is 2. The molecule has 1 saturated carbocycles. The summed E-state index contributed by atoms with van der Waals surface area (Å²) >= 11 is 5.90. The molecule has 4 nitrogen and oxygen atoms in total. The van der Waals surface area contributed by atoms with Crippen molar-refractivity contribution in [3.8, 4) is 5.75 Å². The van der Waals surface area contributed by atoms with E-state index in [1.165, 1.54) is 0 Å². The van der Waals surface area contributed by atoms with Crippen LogP contribution in [0.3, 0.4) is 0 Å². The Bertz CT molecular complexity index is 901. The SMILES string of the molecule is O=C1OC(CCc2ccc(OCc3ccccc3)cc2)(C2CCCC2)CC(O)=C1Cl. The Hall–Kier alpha value is -2.46. The van der Waals surface area contributed by atoms with E-state index in [-0.39, 0.29) is 16.7 Å². The number of aliphatic hydroxyl groups excluding tert-OH is 1. The number of rotatable bonds is 7. The first kappa shape index (κ1) is 20.8. The summed E-state index contributed by atoms with van der Waals surface area (Å²) in [7, 11) is 0. The van der Waals surface area contributed by atoms with Gasteiger partial charge in [-0.1, -0.05) is 66.9 Å². The van der Waals surface area contributed by atoms with Gasteiger partial charge in [-0.25, -0.2) is 4.79 Å². The number of benzene rings is 2. The van der Waals surface area contributed by atoms with Crippen molar-refractivity contribution in [2.75, 3.05) is 0 Å². The molecular weight excluding hydrogens is 400 g/mol. The molecule has 4 rings (SSSR count). The van der Waals surface area contributed by atoms with E-state index in [2.05, 4.69) is 12.1 Å². The zero-order valence-corrected chi connectivity index (χ0v) is 17.7. The van der Waals surface area contributed by atoms with Crippen molar-refractivity contribution in [1.82, 2.24) is 0 Å². The lowest BCUT2D eigenvalue weighted by atomic mass is 9.77. The number of cyclic esters (lactones) is 1. The highest BCUT2D eigenvalue weighted by Gasteiger charge is 2.47. The zero-order valence-electron chi connectivity index (χ0n) is 17.0. The molecule has 1 fully saturated rings. The second kappa shape index (κ2) is 9.13. The summed E-state index contributed by atoms with van der Waals surface area (Å²) in [6.45, 7) is 0.535. The standard InChI is InChI=1S/C25H27ClO4/c26-23-22(27)16-25(30-24(23)28,20-8-4-5-9-20)15-14-18-10-12-21(13-11-18)29-17-19-6-2-1-3-7-19/h1-3,6-7,10-13,20,27H,4-5,8-9,14-17H2. The minimum absolute atomic E-state index is 0.0375. The van der Waals surface area contributed by atoms with Gasteiger partial charge in [0, 0.05) is 6.42 Å². The smallest absolute Gasteiger partial charge is 0.353 e. The Morgan fingerprint density at radius 1 is 1.03 bits per heavy atom. The van der Waals surface area contributed by atoms with Crippen molar-refractivity contribution in [1.29, 1.82) is 0 Å². The second-order valence-corrected chi connectivity index (χ2v) is 8.67. The van der Waals surface area contributed by atoms with Gasteiger partial charge in [-0.15, -0.1) is 0 Å². The number of hydrogen-bond donors (Lipinski definition) is 1. The molecule has 1 aliphatic carbocycles. The molecule has 1 atom stereocenters. The lowest BCUT2D eigenvalue weighted by molar-refractivity contribution is -0.166. The minimum Gasteiger partial charge on any atom is -0.510 e. The summed E-state index contributed by atoms with van der Waals surface area (Å²) in [6.07, 6.45) is 6.04. The summed E-state index contributed by atoms with van der Waals surface area (Å²) in [5, 5.41) is 10.1. The minimum atomic E-state index is -0.668. The molecule has 5 heteroatoms. The zero-order chi connectivity index (χ0) is 21.0. The average Bonchev–Trinajstić information content (AvgIpc) is 3.32. The second-order valence-electron chi connectivity index (χ2n) is 8.29.